The van der Waals surface area contributed by atoms with Crippen LogP contribution in [0.15, 0.2) is 24.3 Å². The quantitative estimate of drug-likeness (QED) is 0.744. The van der Waals surface area contributed by atoms with Crippen LogP contribution in [0.5, 0.6) is 5.75 Å². The molecule has 0 aromatic heterocycles. The van der Waals surface area contributed by atoms with Gasteiger partial charge in [0.1, 0.15) is 5.75 Å². The van der Waals surface area contributed by atoms with Crippen LogP contribution in [-0.2, 0) is 11.2 Å². The average Bonchev–Trinajstić information content (AvgIpc) is 2.15. The number of phenols is 1. The summed E-state index contributed by atoms with van der Waals surface area (Å²) in [5.74, 6) is 0.293. The zero-order chi connectivity index (χ0) is 10.4. The molecule has 0 bridgehead atoms. The van der Waals surface area contributed by atoms with Crippen molar-refractivity contribution >= 4 is 0 Å². The third-order valence-electron chi connectivity index (χ3n) is 2.10. The summed E-state index contributed by atoms with van der Waals surface area (Å²) in [5.41, 5.74) is 6.94. The first kappa shape index (κ1) is 11.0. The van der Waals surface area contributed by atoms with Gasteiger partial charge in [-0.3, -0.25) is 0 Å². The third kappa shape index (κ3) is 3.77. The first-order valence-corrected chi connectivity index (χ1v) is 4.75. The minimum Gasteiger partial charge on any atom is -0.508 e. The highest BCUT2D eigenvalue weighted by Gasteiger charge is 2.03. The summed E-state index contributed by atoms with van der Waals surface area (Å²) in [4.78, 5) is 0. The number of phenolic OH excluding ortho intramolecular Hbond substituents is 1. The van der Waals surface area contributed by atoms with Crippen molar-refractivity contribution in [2.75, 3.05) is 13.7 Å². The van der Waals surface area contributed by atoms with Crippen molar-refractivity contribution in [3.05, 3.63) is 29.8 Å². The fourth-order valence-corrected chi connectivity index (χ4v) is 1.36. The van der Waals surface area contributed by atoms with Crippen LogP contribution in [0.3, 0.4) is 0 Å². The highest BCUT2D eigenvalue weighted by Crippen LogP contribution is 2.12. The lowest BCUT2D eigenvalue weighted by Crippen LogP contribution is -2.24. The first-order chi connectivity index (χ1) is 6.72. The first-order valence-electron chi connectivity index (χ1n) is 4.75. The van der Waals surface area contributed by atoms with Crippen LogP contribution in [-0.4, -0.2) is 24.9 Å². The molecule has 0 saturated heterocycles. The third-order valence-corrected chi connectivity index (χ3v) is 2.10. The molecule has 0 fully saturated rings. The van der Waals surface area contributed by atoms with Gasteiger partial charge in [0.2, 0.25) is 0 Å². The smallest absolute Gasteiger partial charge is 0.115 e. The Morgan fingerprint density at radius 1 is 1.50 bits per heavy atom. The lowest BCUT2D eigenvalue weighted by Gasteiger charge is -2.10. The fourth-order valence-electron chi connectivity index (χ4n) is 1.36. The van der Waals surface area contributed by atoms with Gasteiger partial charge in [-0.15, -0.1) is 0 Å². The predicted molar refractivity (Wildman–Crippen MR) is 56.3 cm³/mol. The van der Waals surface area contributed by atoms with Gasteiger partial charge in [0.05, 0.1) is 0 Å². The second kappa shape index (κ2) is 5.62. The lowest BCUT2D eigenvalue weighted by atomic mass is 10.0. The number of methoxy groups -OCH3 is 1. The van der Waals surface area contributed by atoms with Crippen LogP contribution in [0.2, 0.25) is 0 Å². The molecule has 3 heteroatoms. The molecule has 0 heterocycles. The van der Waals surface area contributed by atoms with Crippen LogP contribution < -0.4 is 5.73 Å². The molecule has 0 amide bonds. The minimum atomic E-state index is 0.0942. The van der Waals surface area contributed by atoms with Crippen molar-refractivity contribution in [2.45, 2.75) is 18.9 Å². The number of nitrogens with two attached hydrogens (primary N) is 1. The van der Waals surface area contributed by atoms with Gasteiger partial charge in [0.25, 0.3) is 0 Å². The van der Waals surface area contributed by atoms with Crippen molar-refractivity contribution in [1.82, 2.24) is 0 Å². The average molecular weight is 195 g/mol. The summed E-state index contributed by atoms with van der Waals surface area (Å²) in [6.45, 7) is 0.681. The number of hydrogen-bond donors (Lipinski definition) is 2. The molecule has 78 valence electrons. The van der Waals surface area contributed by atoms with Gasteiger partial charge in [-0.25, -0.2) is 0 Å². The van der Waals surface area contributed by atoms with Gasteiger partial charge in [-0.05, 0) is 30.5 Å². The largest absolute Gasteiger partial charge is 0.508 e. The van der Waals surface area contributed by atoms with E-state index in [0.29, 0.717) is 12.4 Å². The Hall–Kier alpha value is -1.06. The second-order valence-corrected chi connectivity index (χ2v) is 3.42. The molecule has 1 rings (SSSR count). The number of rotatable bonds is 5. The summed E-state index contributed by atoms with van der Waals surface area (Å²) in [5, 5.41) is 9.24. The Kier molecular flexibility index (Phi) is 4.43. The van der Waals surface area contributed by atoms with E-state index >= 15 is 0 Å². The number of aromatic hydroxyl groups is 1. The van der Waals surface area contributed by atoms with E-state index in [2.05, 4.69) is 0 Å². The zero-order valence-electron chi connectivity index (χ0n) is 8.44. The maximum atomic E-state index is 9.24. The van der Waals surface area contributed by atoms with E-state index in [4.69, 9.17) is 10.5 Å². The Bertz CT molecular complexity index is 276. The molecule has 0 spiro atoms. The molecule has 0 aliphatic heterocycles. The SMILES string of the molecule is COCCC(N)Cc1cccc(O)c1. The standard InChI is InChI=1S/C11H17NO2/c1-14-6-5-10(12)7-9-3-2-4-11(13)8-9/h2-4,8,10,13H,5-7,12H2,1H3. The van der Waals surface area contributed by atoms with Crippen LogP contribution in [0.1, 0.15) is 12.0 Å². The topological polar surface area (TPSA) is 55.5 Å². The molecule has 0 saturated carbocycles. The summed E-state index contributed by atoms with van der Waals surface area (Å²) >= 11 is 0. The molecule has 0 aliphatic carbocycles. The Labute approximate surface area is 84.5 Å². The van der Waals surface area contributed by atoms with E-state index < -0.39 is 0 Å². The number of ether oxygens (including phenoxy) is 1. The monoisotopic (exact) mass is 195 g/mol. The normalized spacial score (nSPS) is 12.7. The molecule has 3 N–H and O–H groups in total. The minimum absolute atomic E-state index is 0.0942. The van der Waals surface area contributed by atoms with E-state index in [9.17, 15) is 5.11 Å². The van der Waals surface area contributed by atoms with E-state index in [1.165, 1.54) is 0 Å². The second-order valence-electron chi connectivity index (χ2n) is 3.42. The molecule has 0 radical (unpaired) electrons. The van der Waals surface area contributed by atoms with Gasteiger partial charge >= 0.3 is 0 Å². The maximum Gasteiger partial charge on any atom is 0.115 e. The van der Waals surface area contributed by atoms with Crippen LogP contribution in [0.4, 0.5) is 0 Å². The molecule has 3 nitrogen and oxygen atoms in total. The summed E-state index contributed by atoms with van der Waals surface area (Å²) in [6.07, 6.45) is 1.61. The maximum absolute atomic E-state index is 9.24. The lowest BCUT2D eigenvalue weighted by molar-refractivity contribution is 0.188. The van der Waals surface area contributed by atoms with E-state index in [1.807, 2.05) is 12.1 Å². The molecule has 1 atom stereocenters. The summed E-state index contributed by atoms with van der Waals surface area (Å²) in [7, 11) is 1.67. The molecule has 0 aliphatic rings. The Balaban J connectivity index is 2.43. The van der Waals surface area contributed by atoms with Crippen molar-refractivity contribution in [3.63, 3.8) is 0 Å². The van der Waals surface area contributed by atoms with Crippen LogP contribution in [0, 0.1) is 0 Å². The fraction of sp³-hybridized carbons (Fsp3) is 0.455. The highest BCUT2D eigenvalue weighted by atomic mass is 16.5. The van der Waals surface area contributed by atoms with Crippen molar-refractivity contribution < 1.29 is 9.84 Å². The molecule has 14 heavy (non-hydrogen) atoms. The van der Waals surface area contributed by atoms with Crippen LogP contribution in [0.25, 0.3) is 0 Å². The molecule has 1 aromatic carbocycles. The van der Waals surface area contributed by atoms with Gasteiger partial charge < -0.3 is 15.6 Å². The van der Waals surface area contributed by atoms with Gasteiger partial charge in [0.15, 0.2) is 0 Å². The predicted octanol–water partition coefficient (Wildman–Crippen LogP) is 1.30. The van der Waals surface area contributed by atoms with E-state index in [-0.39, 0.29) is 6.04 Å². The van der Waals surface area contributed by atoms with Gasteiger partial charge in [-0.2, -0.15) is 0 Å². The highest BCUT2D eigenvalue weighted by molar-refractivity contribution is 5.27. The summed E-state index contributed by atoms with van der Waals surface area (Å²) in [6, 6.07) is 7.29. The van der Waals surface area contributed by atoms with E-state index in [0.717, 1.165) is 18.4 Å². The Morgan fingerprint density at radius 3 is 2.93 bits per heavy atom. The zero-order valence-corrected chi connectivity index (χ0v) is 8.44. The molecular formula is C11H17NO2. The van der Waals surface area contributed by atoms with Crippen molar-refractivity contribution in [1.29, 1.82) is 0 Å². The Morgan fingerprint density at radius 2 is 2.29 bits per heavy atom. The van der Waals surface area contributed by atoms with Crippen LogP contribution >= 0.6 is 0 Å². The number of benzene rings is 1. The van der Waals surface area contributed by atoms with Crippen molar-refractivity contribution in [2.24, 2.45) is 5.73 Å². The number of hydrogen-bond acceptors (Lipinski definition) is 3. The molecule has 1 unspecified atom stereocenters. The molecular weight excluding hydrogens is 178 g/mol. The van der Waals surface area contributed by atoms with Gasteiger partial charge in [-0.1, -0.05) is 12.1 Å². The molecule has 1 aromatic rings. The van der Waals surface area contributed by atoms with Crippen molar-refractivity contribution in [3.8, 4) is 5.75 Å². The van der Waals surface area contributed by atoms with E-state index in [1.54, 1.807) is 19.2 Å². The van der Waals surface area contributed by atoms with Gasteiger partial charge in [0, 0.05) is 19.8 Å². The summed E-state index contributed by atoms with van der Waals surface area (Å²) < 4.78 is 4.94.